The van der Waals surface area contributed by atoms with Crippen LogP contribution in [0.15, 0.2) is 121 Å². The smallest absolute Gasteiger partial charge is 0.123 e. The highest BCUT2D eigenvalue weighted by molar-refractivity contribution is 8.76. The van der Waals surface area contributed by atoms with Gasteiger partial charge in [0.1, 0.15) is 11.5 Å². The van der Waals surface area contributed by atoms with Crippen LogP contribution in [-0.4, -0.2) is 14.2 Å². The molecule has 0 saturated heterocycles. The largest absolute Gasteiger partial charge is 0.496 e. The maximum Gasteiger partial charge on any atom is 0.123 e. The van der Waals surface area contributed by atoms with Crippen molar-refractivity contribution in [3.05, 3.63) is 132 Å². The molecule has 0 heterocycles. The molecule has 0 bridgehead atoms. The molecule has 6 aromatic rings. The van der Waals surface area contributed by atoms with E-state index in [9.17, 15) is 0 Å². The van der Waals surface area contributed by atoms with Crippen LogP contribution in [0.2, 0.25) is 0 Å². The first kappa shape index (κ1) is 30.2. The predicted molar refractivity (Wildman–Crippen MR) is 193 cm³/mol. The molecule has 0 aromatic heterocycles. The van der Waals surface area contributed by atoms with Crippen molar-refractivity contribution in [2.75, 3.05) is 14.2 Å². The number of methoxy groups -OCH3 is 2. The van der Waals surface area contributed by atoms with Gasteiger partial charge in [-0.15, -0.1) is 0 Å². The number of benzene rings is 6. The minimum absolute atomic E-state index is 0.231. The van der Waals surface area contributed by atoms with Gasteiger partial charge >= 0.3 is 0 Å². The normalized spacial score (nSPS) is 12.7. The Morgan fingerprint density at radius 3 is 1.23 bits per heavy atom. The van der Waals surface area contributed by atoms with Crippen LogP contribution >= 0.6 is 21.6 Å². The molecular weight excluding hydrogens is 577 g/mol. The zero-order valence-electron chi connectivity index (χ0n) is 25.7. The van der Waals surface area contributed by atoms with Gasteiger partial charge in [-0.05, 0) is 68.8 Å². The van der Waals surface area contributed by atoms with Crippen molar-refractivity contribution in [1.82, 2.24) is 0 Å². The molecule has 0 radical (unpaired) electrons. The number of rotatable bonds is 11. The van der Waals surface area contributed by atoms with E-state index in [0.717, 1.165) is 24.3 Å². The van der Waals surface area contributed by atoms with E-state index in [0.29, 0.717) is 0 Å². The molecule has 4 heteroatoms. The van der Waals surface area contributed by atoms with Gasteiger partial charge < -0.3 is 9.47 Å². The average molecular weight is 615 g/mol. The summed E-state index contributed by atoms with van der Waals surface area (Å²) in [5.74, 6) is 1.88. The fraction of sp³-hybridized carbons (Fsp3) is 0.200. The van der Waals surface area contributed by atoms with Crippen molar-refractivity contribution in [2.24, 2.45) is 0 Å². The zero-order chi connectivity index (χ0) is 30.5. The second-order valence-corrected chi connectivity index (χ2v) is 13.6. The van der Waals surface area contributed by atoms with Crippen molar-refractivity contribution in [3.63, 3.8) is 0 Å². The molecule has 0 unspecified atom stereocenters. The topological polar surface area (TPSA) is 18.5 Å². The summed E-state index contributed by atoms with van der Waals surface area (Å²) in [6.45, 7) is 4.56. The molecule has 44 heavy (non-hydrogen) atoms. The zero-order valence-corrected chi connectivity index (χ0v) is 27.4. The van der Waals surface area contributed by atoms with Gasteiger partial charge in [0.25, 0.3) is 0 Å². The quantitative estimate of drug-likeness (QED) is 0.135. The molecule has 0 saturated carbocycles. The standard InChI is InChI=1S/C40H38O2S2/c1-5-37(39-33(23-13-25-35(39)41-3)31-21-11-17-27-15-7-9-19-29(27)31)43-44-38(6-2)40-34(24-14-26-36(40)42-4)32-22-12-18-28-16-8-10-20-30(28)32/h7-26,37-38H,5-6H2,1-4H3/t37-,38-/m1/s1. The van der Waals surface area contributed by atoms with Crippen molar-refractivity contribution in [1.29, 1.82) is 0 Å². The summed E-state index contributed by atoms with van der Waals surface area (Å²) in [7, 11) is 7.48. The minimum atomic E-state index is 0.231. The third-order valence-corrected chi connectivity index (χ3v) is 11.8. The van der Waals surface area contributed by atoms with E-state index in [1.807, 2.05) is 21.6 Å². The van der Waals surface area contributed by atoms with Crippen LogP contribution in [-0.2, 0) is 0 Å². The minimum Gasteiger partial charge on any atom is -0.496 e. The first-order chi connectivity index (χ1) is 21.7. The third kappa shape index (κ3) is 5.81. The van der Waals surface area contributed by atoms with Crippen LogP contribution in [0.3, 0.4) is 0 Å². The lowest BCUT2D eigenvalue weighted by molar-refractivity contribution is 0.409. The maximum atomic E-state index is 6.03. The van der Waals surface area contributed by atoms with Gasteiger partial charge in [0.05, 0.1) is 14.2 Å². The van der Waals surface area contributed by atoms with Crippen molar-refractivity contribution >= 4 is 43.1 Å². The average Bonchev–Trinajstić information content (AvgIpc) is 3.09. The Labute approximate surface area is 269 Å². The molecule has 0 spiro atoms. The van der Waals surface area contributed by atoms with Crippen LogP contribution in [0.25, 0.3) is 43.8 Å². The molecular formula is C40H38O2S2. The SMILES string of the molecule is CC[C@@H](SS[C@H](CC)c1c(OC)cccc1-c1cccc2ccccc12)c1c(OC)cccc1-c1cccc2ccccc12. The van der Waals surface area contributed by atoms with E-state index >= 15 is 0 Å². The summed E-state index contributed by atoms with van der Waals surface area (Å²) in [6, 6.07) is 43.4. The monoisotopic (exact) mass is 614 g/mol. The van der Waals surface area contributed by atoms with Crippen molar-refractivity contribution < 1.29 is 9.47 Å². The number of hydrogen-bond acceptors (Lipinski definition) is 4. The summed E-state index contributed by atoms with van der Waals surface area (Å²) in [5, 5.41) is 5.48. The molecule has 6 rings (SSSR count). The fourth-order valence-electron chi connectivity index (χ4n) is 6.27. The lowest BCUT2D eigenvalue weighted by Crippen LogP contribution is -2.02. The predicted octanol–water partition coefficient (Wildman–Crippen LogP) is 12.3. The van der Waals surface area contributed by atoms with E-state index < -0.39 is 0 Å². The third-order valence-electron chi connectivity index (χ3n) is 8.41. The highest BCUT2D eigenvalue weighted by atomic mass is 33.1. The van der Waals surface area contributed by atoms with Gasteiger partial charge in [-0.3, -0.25) is 0 Å². The molecule has 222 valence electrons. The summed E-state index contributed by atoms with van der Waals surface area (Å²) < 4.78 is 12.1. The van der Waals surface area contributed by atoms with E-state index in [-0.39, 0.29) is 10.5 Å². The van der Waals surface area contributed by atoms with Crippen LogP contribution in [0.1, 0.15) is 48.3 Å². The number of fused-ring (bicyclic) bond motifs is 2. The Morgan fingerprint density at radius 1 is 0.455 bits per heavy atom. The molecule has 0 aliphatic carbocycles. The van der Waals surface area contributed by atoms with E-state index in [1.54, 1.807) is 14.2 Å². The van der Waals surface area contributed by atoms with Crippen molar-refractivity contribution in [3.8, 4) is 33.8 Å². The van der Waals surface area contributed by atoms with Crippen LogP contribution in [0.5, 0.6) is 11.5 Å². The van der Waals surface area contributed by atoms with Gasteiger partial charge in [-0.2, -0.15) is 0 Å². The molecule has 0 fully saturated rings. The summed E-state index contributed by atoms with van der Waals surface area (Å²) in [5.41, 5.74) is 7.49. The van der Waals surface area contributed by atoms with Gasteiger partial charge in [0.2, 0.25) is 0 Å². The summed E-state index contributed by atoms with van der Waals surface area (Å²) in [6.07, 6.45) is 1.96. The van der Waals surface area contributed by atoms with Gasteiger partial charge in [0, 0.05) is 21.6 Å². The van der Waals surface area contributed by atoms with E-state index in [2.05, 4.69) is 135 Å². The van der Waals surface area contributed by atoms with E-state index in [1.165, 1.54) is 54.9 Å². The Hall–Kier alpha value is -3.86. The second-order valence-electron chi connectivity index (χ2n) is 10.9. The fourth-order valence-corrected chi connectivity index (χ4v) is 9.69. The highest BCUT2D eigenvalue weighted by Gasteiger charge is 2.26. The summed E-state index contributed by atoms with van der Waals surface area (Å²) in [4.78, 5) is 0. The molecule has 2 nitrogen and oxygen atoms in total. The number of hydrogen-bond donors (Lipinski definition) is 0. The van der Waals surface area contributed by atoms with Gasteiger partial charge in [0.15, 0.2) is 0 Å². The lowest BCUT2D eigenvalue weighted by Gasteiger charge is -2.26. The first-order valence-corrected chi connectivity index (χ1v) is 17.6. The molecule has 0 amide bonds. The lowest BCUT2D eigenvalue weighted by atomic mass is 9.92. The molecule has 2 atom stereocenters. The second kappa shape index (κ2) is 13.8. The van der Waals surface area contributed by atoms with Gasteiger partial charge in [-0.1, -0.05) is 145 Å². The van der Waals surface area contributed by atoms with E-state index in [4.69, 9.17) is 9.47 Å². The Balaban J connectivity index is 1.40. The van der Waals surface area contributed by atoms with Crippen LogP contribution in [0.4, 0.5) is 0 Å². The Kier molecular flexibility index (Phi) is 9.49. The number of ether oxygens (including phenoxy) is 2. The van der Waals surface area contributed by atoms with Crippen molar-refractivity contribution in [2.45, 2.75) is 37.2 Å². The molecule has 0 aliphatic heterocycles. The molecule has 6 aromatic carbocycles. The summed E-state index contributed by atoms with van der Waals surface area (Å²) >= 11 is 0. The Bertz CT molecular complexity index is 1750. The molecule has 0 N–H and O–H groups in total. The highest BCUT2D eigenvalue weighted by Crippen LogP contribution is 2.55. The maximum absolute atomic E-state index is 6.03. The molecule has 0 aliphatic rings. The van der Waals surface area contributed by atoms with Crippen LogP contribution < -0.4 is 9.47 Å². The Morgan fingerprint density at radius 2 is 0.818 bits per heavy atom. The first-order valence-electron chi connectivity index (χ1n) is 15.3. The van der Waals surface area contributed by atoms with Crippen LogP contribution in [0, 0.1) is 0 Å². The van der Waals surface area contributed by atoms with Gasteiger partial charge in [-0.25, -0.2) is 0 Å².